The Balaban J connectivity index is 1.42. The predicted octanol–water partition coefficient (Wildman–Crippen LogP) is 4.71. The molecule has 2 heterocycles. The average molecular weight is 482 g/mol. The molecule has 0 aliphatic rings. The molecular formula is C23H20FN5O2S2. The first-order valence-electron chi connectivity index (χ1n) is 9.97. The molecule has 0 amide bonds. The second-order valence-electron chi connectivity index (χ2n) is 7.08. The molecule has 7 nitrogen and oxygen atoms in total. The monoisotopic (exact) mass is 481 g/mol. The van der Waals surface area contributed by atoms with E-state index in [-0.39, 0.29) is 10.9 Å². The van der Waals surface area contributed by atoms with Gasteiger partial charge in [-0.15, -0.1) is 16.4 Å². The van der Waals surface area contributed by atoms with Gasteiger partial charge < -0.3 is 10.1 Å². The molecule has 0 aliphatic heterocycles. The minimum Gasteiger partial charge on any atom is -0.465 e. The number of aromatic nitrogens is 3. The number of esters is 1. The van der Waals surface area contributed by atoms with Crippen LogP contribution in [0.3, 0.4) is 0 Å². The molecule has 0 bridgehead atoms. The molecule has 0 saturated heterocycles. The van der Waals surface area contributed by atoms with Gasteiger partial charge in [-0.25, -0.2) is 18.9 Å². The van der Waals surface area contributed by atoms with Crippen molar-refractivity contribution in [3.05, 3.63) is 94.4 Å². The first-order chi connectivity index (χ1) is 16.0. The van der Waals surface area contributed by atoms with Gasteiger partial charge in [0, 0.05) is 11.3 Å². The lowest BCUT2D eigenvalue weighted by Crippen LogP contribution is -2.20. The molecule has 4 aromatic rings. The highest BCUT2D eigenvalue weighted by molar-refractivity contribution is 7.80. The number of hydrogen-bond acceptors (Lipinski definition) is 6. The van der Waals surface area contributed by atoms with E-state index in [1.807, 2.05) is 36.4 Å². The van der Waals surface area contributed by atoms with E-state index < -0.39 is 5.97 Å². The summed E-state index contributed by atoms with van der Waals surface area (Å²) in [5.74, 6) is -0.434. The molecule has 2 aromatic heterocycles. The normalized spacial score (nSPS) is 10.6. The summed E-state index contributed by atoms with van der Waals surface area (Å²) in [4.78, 5) is 17.5. The minimum atomic E-state index is -0.447. The van der Waals surface area contributed by atoms with E-state index in [2.05, 4.69) is 20.7 Å². The zero-order valence-corrected chi connectivity index (χ0v) is 19.3. The summed E-state index contributed by atoms with van der Waals surface area (Å²) < 4.78 is 19.6. The molecule has 10 heteroatoms. The van der Waals surface area contributed by atoms with Crippen molar-refractivity contribution in [3.8, 4) is 0 Å². The number of carbonyl (C=O) groups excluding carboxylic acids is 1. The van der Waals surface area contributed by atoms with Gasteiger partial charge in [-0.1, -0.05) is 42.5 Å². The largest absolute Gasteiger partial charge is 0.465 e. The first-order valence-corrected chi connectivity index (χ1v) is 11.2. The quantitative estimate of drug-likeness (QED) is 0.292. The van der Waals surface area contributed by atoms with Crippen molar-refractivity contribution in [1.82, 2.24) is 14.8 Å². The molecule has 0 fully saturated rings. The Morgan fingerprint density at radius 1 is 1.12 bits per heavy atom. The fourth-order valence-corrected chi connectivity index (χ4v) is 4.46. The van der Waals surface area contributed by atoms with E-state index >= 15 is 0 Å². The van der Waals surface area contributed by atoms with Gasteiger partial charge in [-0.2, -0.15) is 0 Å². The maximum Gasteiger partial charge on any atom is 0.340 e. The Hall–Kier alpha value is -3.63. The lowest BCUT2D eigenvalue weighted by molar-refractivity contribution is 0.0602. The number of hydrogen-bond donors (Lipinski definition) is 2. The van der Waals surface area contributed by atoms with Crippen LogP contribution < -0.4 is 10.6 Å². The number of ether oxygens (including phenoxy) is 1. The van der Waals surface area contributed by atoms with Gasteiger partial charge in [0.1, 0.15) is 17.1 Å². The molecule has 4 rings (SSSR count). The van der Waals surface area contributed by atoms with Crippen LogP contribution in [0.1, 0.15) is 26.4 Å². The zero-order valence-electron chi connectivity index (χ0n) is 17.6. The third kappa shape index (κ3) is 5.99. The van der Waals surface area contributed by atoms with E-state index in [0.29, 0.717) is 29.5 Å². The summed E-state index contributed by atoms with van der Waals surface area (Å²) in [5.41, 5.74) is 2.44. The summed E-state index contributed by atoms with van der Waals surface area (Å²) in [5, 5.41) is 11.1. The van der Waals surface area contributed by atoms with Crippen LogP contribution >= 0.6 is 23.6 Å². The maximum absolute atomic E-state index is 13.1. The minimum absolute atomic E-state index is 0.243. The lowest BCUT2D eigenvalue weighted by atomic mass is 10.1. The summed E-state index contributed by atoms with van der Waals surface area (Å²) in [6.07, 6.45) is 2.24. The molecule has 0 atom stereocenters. The Bertz CT molecular complexity index is 1260. The zero-order chi connectivity index (χ0) is 23.2. The summed E-state index contributed by atoms with van der Waals surface area (Å²) in [6, 6.07) is 18.0. The van der Waals surface area contributed by atoms with Crippen molar-refractivity contribution in [3.63, 3.8) is 0 Å². The number of nitrogens with zero attached hydrogens (tertiary/aromatic N) is 3. The molecule has 2 N–H and O–H groups in total. The molecular weight excluding hydrogens is 461 g/mol. The third-order valence-electron chi connectivity index (χ3n) is 4.66. The summed E-state index contributed by atoms with van der Waals surface area (Å²) in [6.45, 7) is 0.440. The number of nitrogens with one attached hydrogen (secondary N) is 2. The van der Waals surface area contributed by atoms with Gasteiger partial charge in [0.25, 0.3) is 0 Å². The van der Waals surface area contributed by atoms with Crippen LogP contribution in [0.25, 0.3) is 0 Å². The molecule has 0 radical (unpaired) electrons. The van der Waals surface area contributed by atoms with E-state index in [1.54, 1.807) is 23.1 Å². The maximum atomic E-state index is 13.1. The summed E-state index contributed by atoms with van der Waals surface area (Å²) in [7, 11) is 1.34. The number of rotatable bonds is 7. The van der Waals surface area contributed by atoms with Gasteiger partial charge in [-0.3, -0.25) is 5.32 Å². The molecule has 0 unspecified atom stereocenters. The Kier molecular flexibility index (Phi) is 7.06. The SMILES string of the molecule is COC(=O)c1cc(Cc2ccccc2)sc1NC(=S)Nc1ncn(Cc2ccc(F)cc2)n1. The van der Waals surface area contributed by atoms with E-state index in [1.165, 1.54) is 30.6 Å². The van der Waals surface area contributed by atoms with Crippen molar-refractivity contribution in [1.29, 1.82) is 0 Å². The van der Waals surface area contributed by atoms with Crippen molar-refractivity contribution in [2.24, 2.45) is 0 Å². The number of carbonyl (C=O) groups is 1. The third-order valence-corrected chi connectivity index (χ3v) is 5.91. The van der Waals surface area contributed by atoms with Crippen molar-refractivity contribution >= 4 is 45.6 Å². The average Bonchev–Trinajstić information content (AvgIpc) is 3.42. The van der Waals surface area contributed by atoms with Crippen LogP contribution in [0.4, 0.5) is 15.3 Å². The lowest BCUT2D eigenvalue weighted by Gasteiger charge is -2.07. The Morgan fingerprint density at radius 3 is 2.61 bits per heavy atom. The van der Waals surface area contributed by atoms with E-state index in [9.17, 15) is 9.18 Å². The number of halogens is 1. The molecule has 2 aromatic carbocycles. The van der Waals surface area contributed by atoms with E-state index in [0.717, 1.165) is 16.0 Å². The molecule has 168 valence electrons. The standard InChI is InChI=1S/C23H20FN5O2S2/c1-31-21(30)19-12-18(11-15-5-3-2-4-6-15)33-20(19)26-23(32)27-22-25-14-29(28-22)13-16-7-9-17(24)10-8-16/h2-10,12,14H,11,13H2,1H3,(H2,26,27,28,32). The van der Waals surface area contributed by atoms with Gasteiger partial charge in [-0.05, 0) is 41.5 Å². The first kappa shape index (κ1) is 22.6. The van der Waals surface area contributed by atoms with E-state index in [4.69, 9.17) is 17.0 Å². The van der Waals surface area contributed by atoms with Crippen LogP contribution in [-0.4, -0.2) is 33.0 Å². The smallest absolute Gasteiger partial charge is 0.340 e. The number of methoxy groups -OCH3 is 1. The number of thiophene rings is 1. The predicted molar refractivity (Wildman–Crippen MR) is 130 cm³/mol. The van der Waals surface area contributed by atoms with Crippen LogP contribution in [0, 0.1) is 5.82 Å². The van der Waals surface area contributed by atoms with Gasteiger partial charge in [0.05, 0.1) is 19.2 Å². The number of anilines is 2. The second kappa shape index (κ2) is 10.3. The number of thiocarbonyl (C=S) groups is 1. The highest BCUT2D eigenvalue weighted by atomic mass is 32.1. The van der Waals surface area contributed by atoms with Crippen LogP contribution in [-0.2, 0) is 17.7 Å². The molecule has 0 aliphatic carbocycles. The fourth-order valence-electron chi connectivity index (χ4n) is 3.12. The second-order valence-corrected chi connectivity index (χ2v) is 8.63. The van der Waals surface area contributed by atoms with Crippen molar-refractivity contribution in [2.45, 2.75) is 13.0 Å². The van der Waals surface area contributed by atoms with Crippen molar-refractivity contribution < 1.29 is 13.9 Å². The number of benzene rings is 2. The molecule has 0 spiro atoms. The van der Waals surface area contributed by atoms with Crippen LogP contribution in [0.5, 0.6) is 0 Å². The van der Waals surface area contributed by atoms with Crippen LogP contribution in [0.2, 0.25) is 0 Å². The topological polar surface area (TPSA) is 81.1 Å². The fraction of sp³-hybridized carbons (Fsp3) is 0.130. The Labute approximate surface area is 199 Å². The Morgan fingerprint density at radius 2 is 1.88 bits per heavy atom. The highest BCUT2D eigenvalue weighted by Crippen LogP contribution is 2.30. The summed E-state index contributed by atoms with van der Waals surface area (Å²) >= 11 is 6.82. The van der Waals surface area contributed by atoms with Gasteiger partial charge in [0.2, 0.25) is 5.95 Å². The van der Waals surface area contributed by atoms with Gasteiger partial charge in [0.15, 0.2) is 5.11 Å². The van der Waals surface area contributed by atoms with Crippen molar-refractivity contribution in [2.75, 3.05) is 17.7 Å². The van der Waals surface area contributed by atoms with Gasteiger partial charge >= 0.3 is 5.97 Å². The molecule has 0 saturated carbocycles. The van der Waals surface area contributed by atoms with Crippen LogP contribution in [0.15, 0.2) is 67.0 Å². The molecule has 33 heavy (non-hydrogen) atoms. The highest BCUT2D eigenvalue weighted by Gasteiger charge is 2.18.